The fourth-order valence-corrected chi connectivity index (χ4v) is 1.82. The number of ether oxygens (including phenoxy) is 1. The fourth-order valence-electron chi connectivity index (χ4n) is 1.82. The third-order valence-electron chi connectivity index (χ3n) is 3.09. The molecular weight excluding hydrogens is 266 g/mol. The molecule has 1 rings (SSSR count). The molecule has 0 heterocycles. The topological polar surface area (TPSA) is 55.6 Å². The predicted molar refractivity (Wildman–Crippen MR) is 71.9 cm³/mol. The number of benzene rings is 1. The molecule has 0 bridgehead atoms. The number of halogens is 2. The number of carbonyl (C=O) groups is 1. The molecule has 0 saturated carbocycles. The van der Waals surface area contributed by atoms with Gasteiger partial charge in [0.15, 0.2) is 11.6 Å². The lowest BCUT2D eigenvalue weighted by atomic mass is 10.1. The van der Waals surface area contributed by atoms with E-state index in [1.54, 1.807) is 4.90 Å². The second-order valence-electron chi connectivity index (χ2n) is 4.45. The van der Waals surface area contributed by atoms with Crippen molar-refractivity contribution in [2.24, 2.45) is 5.73 Å². The van der Waals surface area contributed by atoms with E-state index < -0.39 is 11.6 Å². The van der Waals surface area contributed by atoms with Gasteiger partial charge in [-0.1, -0.05) is 6.07 Å². The summed E-state index contributed by atoms with van der Waals surface area (Å²) in [6.07, 6.45) is -0.161. The number of nitrogens with zero attached hydrogens (tertiary/aromatic N) is 1. The van der Waals surface area contributed by atoms with Crippen LogP contribution in [0.4, 0.5) is 8.78 Å². The van der Waals surface area contributed by atoms with Gasteiger partial charge in [0.25, 0.3) is 0 Å². The summed E-state index contributed by atoms with van der Waals surface area (Å²) in [5.74, 6) is -1.94. The van der Waals surface area contributed by atoms with Gasteiger partial charge in [0.2, 0.25) is 5.91 Å². The van der Waals surface area contributed by atoms with Crippen LogP contribution in [0.3, 0.4) is 0 Å². The SMILES string of the molecule is CCN(Cc1ccc(F)c(F)c1)C(=O)CC(CN)OC. The van der Waals surface area contributed by atoms with Crippen LogP contribution in [0.15, 0.2) is 18.2 Å². The molecule has 1 atom stereocenters. The molecule has 4 nitrogen and oxygen atoms in total. The second-order valence-corrected chi connectivity index (χ2v) is 4.45. The van der Waals surface area contributed by atoms with Gasteiger partial charge in [-0.2, -0.15) is 0 Å². The zero-order valence-electron chi connectivity index (χ0n) is 11.7. The number of methoxy groups -OCH3 is 1. The van der Waals surface area contributed by atoms with Gasteiger partial charge in [-0.3, -0.25) is 4.79 Å². The first-order valence-electron chi connectivity index (χ1n) is 6.46. The molecule has 0 fully saturated rings. The number of carbonyl (C=O) groups excluding carboxylic acids is 1. The van der Waals surface area contributed by atoms with E-state index in [1.165, 1.54) is 13.2 Å². The highest BCUT2D eigenvalue weighted by molar-refractivity contribution is 5.76. The van der Waals surface area contributed by atoms with Crippen molar-refractivity contribution in [3.63, 3.8) is 0 Å². The van der Waals surface area contributed by atoms with Crippen molar-refractivity contribution in [3.8, 4) is 0 Å². The first-order chi connectivity index (χ1) is 9.51. The van der Waals surface area contributed by atoms with Crippen LogP contribution < -0.4 is 5.73 Å². The fraction of sp³-hybridized carbons (Fsp3) is 0.500. The van der Waals surface area contributed by atoms with Crippen molar-refractivity contribution < 1.29 is 18.3 Å². The van der Waals surface area contributed by atoms with Crippen LogP contribution in [0, 0.1) is 11.6 Å². The average Bonchev–Trinajstić information content (AvgIpc) is 2.45. The zero-order chi connectivity index (χ0) is 15.1. The van der Waals surface area contributed by atoms with E-state index in [0.29, 0.717) is 12.1 Å². The highest BCUT2D eigenvalue weighted by Crippen LogP contribution is 2.12. The van der Waals surface area contributed by atoms with Crippen LogP contribution in [0.5, 0.6) is 0 Å². The minimum Gasteiger partial charge on any atom is -0.380 e. The molecule has 0 aliphatic heterocycles. The van der Waals surface area contributed by atoms with E-state index in [0.717, 1.165) is 12.1 Å². The Morgan fingerprint density at radius 3 is 2.60 bits per heavy atom. The van der Waals surface area contributed by atoms with E-state index in [9.17, 15) is 13.6 Å². The minimum atomic E-state index is -0.914. The Hall–Kier alpha value is -1.53. The van der Waals surface area contributed by atoms with Crippen molar-refractivity contribution in [2.75, 3.05) is 20.2 Å². The quantitative estimate of drug-likeness (QED) is 0.829. The molecule has 1 aromatic carbocycles. The molecule has 0 saturated heterocycles. The van der Waals surface area contributed by atoms with Crippen LogP contribution in [-0.2, 0) is 16.1 Å². The molecule has 20 heavy (non-hydrogen) atoms. The molecule has 0 aliphatic carbocycles. The van der Waals surface area contributed by atoms with E-state index in [2.05, 4.69) is 0 Å². The summed E-state index contributed by atoms with van der Waals surface area (Å²) in [5, 5.41) is 0. The second kappa shape index (κ2) is 7.91. The highest BCUT2D eigenvalue weighted by Gasteiger charge is 2.17. The van der Waals surface area contributed by atoms with Crippen LogP contribution in [0.1, 0.15) is 18.9 Å². The molecule has 2 N–H and O–H groups in total. The molecule has 6 heteroatoms. The van der Waals surface area contributed by atoms with Crippen LogP contribution in [0.25, 0.3) is 0 Å². The highest BCUT2D eigenvalue weighted by atomic mass is 19.2. The monoisotopic (exact) mass is 286 g/mol. The van der Waals surface area contributed by atoms with Gasteiger partial charge in [-0.25, -0.2) is 8.78 Å². The summed E-state index contributed by atoms with van der Waals surface area (Å²) >= 11 is 0. The Morgan fingerprint density at radius 2 is 2.10 bits per heavy atom. The summed E-state index contributed by atoms with van der Waals surface area (Å²) in [4.78, 5) is 13.6. The van der Waals surface area contributed by atoms with Gasteiger partial charge < -0.3 is 15.4 Å². The van der Waals surface area contributed by atoms with Gasteiger partial charge in [0.1, 0.15) is 0 Å². The third kappa shape index (κ3) is 4.54. The van der Waals surface area contributed by atoms with Crippen molar-refractivity contribution in [3.05, 3.63) is 35.4 Å². The number of hydrogen-bond acceptors (Lipinski definition) is 3. The number of nitrogens with two attached hydrogens (primary N) is 1. The predicted octanol–water partition coefficient (Wildman–Crippen LogP) is 1.68. The number of rotatable bonds is 7. The Labute approximate surface area is 117 Å². The van der Waals surface area contributed by atoms with E-state index in [4.69, 9.17) is 10.5 Å². The van der Waals surface area contributed by atoms with Crippen molar-refractivity contribution in [1.29, 1.82) is 0 Å². The normalized spacial score (nSPS) is 12.2. The van der Waals surface area contributed by atoms with Crippen LogP contribution in [-0.4, -0.2) is 37.1 Å². The summed E-state index contributed by atoms with van der Waals surface area (Å²) < 4.78 is 31.1. The molecule has 112 valence electrons. The summed E-state index contributed by atoms with van der Waals surface area (Å²) in [6, 6.07) is 3.62. The lowest BCUT2D eigenvalue weighted by molar-refractivity contribution is -0.134. The van der Waals surface area contributed by atoms with Crippen molar-refractivity contribution >= 4 is 5.91 Å². The molecule has 0 aliphatic rings. The Morgan fingerprint density at radius 1 is 1.40 bits per heavy atom. The maximum Gasteiger partial charge on any atom is 0.225 e. The summed E-state index contributed by atoms with van der Waals surface area (Å²) in [6.45, 7) is 2.78. The standard InChI is InChI=1S/C14H20F2N2O2/c1-3-18(14(19)7-11(8-17)20-2)9-10-4-5-12(15)13(16)6-10/h4-6,11H,3,7-9,17H2,1-2H3. The Balaban J connectivity index is 2.70. The third-order valence-corrected chi connectivity index (χ3v) is 3.09. The molecule has 0 radical (unpaired) electrons. The number of amides is 1. The van der Waals surface area contributed by atoms with E-state index in [1.807, 2.05) is 6.92 Å². The molecule has 1 unspecified atom stereocenters. The van der Waals surface area contributed by atoms with Gasteiger partial charge >= 0.3 is 0 Å². The largest absolute Gasteiger partial charge is 0.380 e. The molecule has 0 aromatic heterocycles. The van der Waals surface area contributed by atoms with Crippen molar-refractivity contribution in [2.45, 2.75) is 26.0 Å². The van der Waals surface area contributed by atoms with Crippen molar-refractivity contribution in [1.82, 2.24) is 4.90 Å². The van der Waals surface area contributed by atoms with Crippen LogP contribution in [0.2, 0.25) is 0 Å². The first kappa shape index (κ1) is 16.5. The first-order valence-corrected chi connectivity index (χ1v) is 6.46. The zero-order valence-corrected chi connectivity index (χ0v) is 11.7. The lowest BCUT2D eigenvalue weighted by Gasteiger charge is -2.23. The summed E-state index contributed by atoms with van der Waals surface area (Å²) in [7, 11) is 1.50. The number of hydrogen-bond donors (Lipinski definition) is 1. The smallest absolute Gasteiger partial charge is 0.225 e. The lowest BCUT2D eigenvalue weighted by Crippen LogP contribution is -2.35. The Bertz CT molecular complexity index is 451. The molecular formula is C14H20F2N2O2. The van der Waals surface area contributed by atoms with Gasteiger partial charge in [0, 0.05) is 26.7 Å². The van der Waals surface area contributed by atoms with Gasteiger partial charge in [-0.05, 0) is 24.6 Å². The van der Waals surface area contributed by atoms with E-state index >= 15 is 0 Å². The maximum atomic E-state index is 13.1. The average molecular weight is 286 g/mol. The summed E-state index contributed by atoms with van der Waals surface area (Å²) in [5.41, 5.74) is 6.02. The molecule has 0 spiro atoms. The maximum absolute atomic E-state index is 13.1. The minimum absolute atomic E-state index is 0.130. The van der Waals surface area contributed by atoms with Gasteiger partial charge in [0.05, 0.1) is 12.5 Å². The van der Waals surface area contributed by atoms with E-state index in [-0.39, 0.29) is 31.5 Å². The molecule has 1 amide bonds. The van der Waals surface area contributed by atoms with Gasteiger partial charge in [-0.15, -0.1) is 0 Å². The Kier molecular flexibility index (Phi) is 6.54. The van der Waals surface area contributed by atoms with Crippen LogP contribution >= 0.6 is 0 Å². The molecule has 1 aromatic rings.